The molecular formula is C17H19NO4S. The summed E-state index contributed by atoms with van der Waals surface area (Å²) < 4.78 is 10.3. The van der Waals surface area contributed by atoms with Crippen molar-refractivity contribution >= 4 is 28.7 Å². The first-order valence-corrected chi connectivity index (χ1v) is 7.96. The molecule has 0 unspecified atom stereocenters. The molecule has 0 aliphatic carbocycles. The predicted octanol–water partition coefficient (Wildman–Crippen LogP) is 3.68. The summed E-state index contributed by atoms with van der Waals surface area (Å²) in [6, 6.07) is 8.82. The number of nitrogens with one attached hydrogen (secondary N) is 1. The lowest BCUT2D eigenvalue weighted by Gasteiger charge is -2.09. The maximum atomic E-state index is 12.0. The van der Waals surface area contributed by atoms with Gasteiger partial charge < -0.3 is 14.8 Å². The number of thiophene rings is 1. The van der Waals surface area contributed by atoms with Crippen LogP contribution in [-0.2, 0) is 4.79 Å². The third-order valence-electron chi connectivity index (χ3n) is 3.23. The number of carbonyl (C=O) groups excluding carboxylic acids is 2. The Kier molecular flexibility index (Phi) is 5.76. The summed E-state index contributed by atoms with van der Waals surface area (Å²) in [5.74, 6) is 0.943. The number of Topliss-reactive ketones (excluding diaryl/α,β-unsaturated/α-hetero) is 1. The molecule has 0 saturated carbocycles. The minimum atomic E-state index is -0.220. The number of aryl methyl sites for hydroxylation is 1. The fraction of sp³-hybridized carbons (Fsp3) is 0.294. The minimum absolute atomic E-state index is 0.0125. The van der Waals surface area contributed by atoms with Crippen molar-refractivity contribution in [1.29, 1.82) is 0 Å². The highest BCUT2D eigenvalue weighted by Gasteiger charge is 2.12. The molecule has 23 heavy (non-hydrogen) atoms. The molecule has 0 atom stereocenters. The van der Waals surface area contributed by atoms with Crippen LogP contribution in [0.4, 0.5) is 5.69 Å². The maximum absolute atomic E-state index is 12.0. The van der Waals surface area contributed by atoms with E-state index in [0.29, 0.717) is 22.1 Å². The number of carbonyl (C=O) groups is 2. The monoisotopic (exact) mass is 333 g/mol. The van der Waals surface area contributed by atoms with Gasteiger partial charge in [-0.2, -0.15) is 0 Å². The number of hydrogen-bond acceptors (Lipinski definition) is 5. The number of benzene rings is 1. The molecule has 0 aliphatic heterocycles. The van der Waals surface area contributed by atoms with Crippen LogP contribution in [0.1, 0.15) is 27.4 Å². The average Bonchev–Trinajstić information content (AvgIpc) is 2.98. The van der Waals surface area contributed by atoms with Gasteiger partial charge in [-0.3, -0.25) is 9.59 Å². The number of anilines is 1. The largest absolute Gasteiger partial charge is 0.497 e. The lowest BCUT2D eigenvalue weighted by Crippen LogP contribution is -2.13. The number of hydrogen-bond donors (Lipinski definition) is 1. The van der Waals surface area contributed by atoms with Crippen molar-refractivity contribution in [3.63, 3.8) is 0 Å². The molecular weight excluding hydrogens is 314 g/mol. The van der Waals surface area contributed by atoms with Crippen LogP contribution in [0, 0.1) is 6.92 Å². The second kappa shape index (κ2) is 7.78. The Bertz CT molecular complexity index is 686. The quantitative estimate of drug-likeness (QED) is 0.785. The Labute approximate surface area is 139 Å². The van der Waals surface area contributed by atoms with Gasteiger partial charge in [0.2, 0.25) is 5.91 Å². The Balaban J connectivity index is 1.93. The van der Waals surface area contributed by atoms with Gasteiger partial charge in [0.15, 0.2) is 5.78 Å². The van der Waals surface area contributed by atoms with Crippen molar-refractivity contribution in [3.05, 3.63) is 40.1 Å². The van der Waals surface area contributed by atoms with Crippen molar-refractivity contribution < 1.29 is 19.1 Å². The smallest absolute Gasteiger partial charge is 0.224 e. The molecule has 1 N–H and O–H groups in total. The van der Waals surface area contributed by atoms with Gasteiger partial charge in [0.05, 0.1) is 19.1 Å². The van der Waals surface area contributed by atoms with Gasteiger partial charge in [0, 0.05) is 41.6 Å². The number of ketones is 1. The molecule has 0 saturated heterocycles. The number of methoxy groups -OCH3 is 2. The zero-order valence-electron chi connectivity index (χ0n) is 13.3. The molecule has 0 aliphatic rings. The van der Waals surface area contributed by atoms with E-state index in [1.54, 1.807) is 38.5 Å². The van der Waals surface area contributed by atoms with E-state index < -0.39 is 0 Å². The third kappa shape index (κ3) is 4.82. The van der Waals surface area contributed by atoms with E-state index in [0.717, 1.165) is 4.88 Å². The second-order valence-corrected chi connectivity index (χ2v) is 6.27. The van der Waals surface area contributed by atoms with Crippen molar-refractivity contribution in [3.8, 4) is 11.5 Å². The Morgan fingerprint density at radius 3 is 2.22 bits per heavy atom. The van der Waals surface area contributed by atoms with Crippen LogP contribution in [0.25, 0.3) is 0 Å². The predicted molar refractivity (Wildman–Crippen MR) is 90.8 cm³/mol. The fourth-order valence-corrected chi connectivity index (χ4v) is 2.87. The molecule has 0 bridgehead atoms. The molecule has 0 radical (unpaired) electrons. The van der Waals surface area contributed by atoms with Gasteiger partial charge in [-0.25, -0.2) is 0 Å². The number of rotatable bonds is 7. The zero-order chi connectivity index (χ0) is 16.8. The molecule has 6 heteroatoms. The van der Waals surface area contributed by atoms with Crippen LogP contribution >= 0.6 is 11.3 Å². The second-order valence-electron chi connectivity index (χ2n) is 4.98. The molecule has 0 fully saturated rings. The first-order valence-electron chi connectivity index (χ1n) is 7.14. The Morgan fingerprint density at radius 1 is 1.04 bits per heavy atom. The highest BCUT2D eigenvalue weighted by atomic mass is 32.1. The summed E-state index contributed by atoms with van der Waals surface area (Å²) in [5, 5.41) is 2.76. The summed E-state index contributed by atoms with van der Waals surface area (Å²) in [4.78, 5) is 25.8. The summed E-state index contributed by atoms with van der Waals surface area (Å²) >= 11 is 1.45. The van der Waals surface area contributed by atoms with E-state index in [1.165, 1.54) is 11.3 Å². The summed E-state index contributed by atoms with van der Waals surface area (Å²) in [6.07, 6.45) is 0.322. The summed E-state index contributed by atoms with van der Waals surface area (Å²) in [7, 11) is 3.09. The van der Waals surface area contributed by atoms with Gasteiger partial charge in [-0.15, -0.1) is 11.3 Å². The number of amides is 1. The first kappa shape index (κ1) is 17.0. The molecule has 122 valence electrons. The van der Waals surface area contributed by atoms with E-state index in [9.17, 15) is 9.59 Å². The van der Waals surface area contributed by atoms with Gasteiger partial charge >= 0.3 is 0 Å². The third-order valence-corrected chi connectivity index (χ3v) is 4.27. The van der Waals surface area contributed by atoms with E-state index in [4.69, 9.17) is 9.47 Å². The normalized spacial score (nSPS) is 10.2. The molecule has 5 nitrogen and oxygen atoms in total. The molecule has 2 aromatic rings. The van der Waals surface area contributed by atoms with Crippen LogP contribution in [0.2, 0.25) is 0 Å². The summed E-state index contributed by atoms with van der Waals surface area (Å²) in [6.45, 7) is 1.95. The van der Waals surface area contributed by atoms with E-state index in [-0.39, 0.29) is 24.5 Å². The van der Waals surface area contributed by atoms with Crippen molar-refractivity contribution in [1.82, 2.24) is 0 Å². The van der Waals surface area contributed by atoms with Crippen LogP contribution in [-0.4, -0.2) is 25.9 Å². The van der Waals surface area contributed by atoms with Crippen LogP contribution < -0.4 is 14.8 Å². The Morgan fingerprint density at radius 2 is 1.70 bits per heavy atom. The topological polar surface area (TPSA) is 64.6 Å². The van der Waals surface area contributed by atoms with Crippen molar-refractivity contribution in [2.75, 3.05) is 19.5 Å². The molecule has 1 amide bonds. The van der Waals surface area contributed by atoms with Crippen molar-refractivity contribution in [2.24, 2.45) is 0 Å². The fourth-order valence-electron chi connectivity index (χ4n) is 2.04. The SMILES string of the molecule is COc1cc(NC(=O)CCC(=O)c2ccc(C)s2)cc(OC)c1. The summed E-state index contributed by atoms with van der Waals surface area (Å²) in [5.41, 5.74) is 0.575. The highest BCUT2D eigenvalue weighted by molar-refractivity contribution is 7.14. The molecule has 1 heterocycles. The standard InChI is InChI=1S/C17H19NO4S/c1-11-4-6-16(23-11)15(19)5-7-17(20)18-12-8-13(21-2)10-14(9-12)22-3/h4,6,8-10H,5,7H2,1-3H3,(H,18,20). The van der Waals surface area contributed by atoms with E-state index in [1.807, 2.05) is 13.0 Å². The first-order chi connectivity index (χ1) is 11.0. The Hall–Kier alpha value is -2.34. The van der Waals surface area contributed by atoms with E-state index in [2.05, 4.69) is 5.32 Å². The van der Waals surface area contributed by atoms with Crippen LogP contribution in [0.5, 0.6) is 11.5 Å². The minimum Gasteiger partial charge on any atom is -0.497 e. The molecule has 1 aromatic carbocycles. The lowest BCUT2D eigenvalue weighted by molar-refractivity contribution is -0.116. The van der Waals surface area contributed by atoms with Gasteiger partial charge in [-0.1, -0.05) is 0 Å². The lowest BCUT2D eigenvalue weighted by atomic mass is 10.2. The van der Waals surface area contributed by atoms with Crippen molar-refractivity contribution in [2.45, 2.75) is 19.8 Å². The highest BCUT2D eigenvalue weighted by Crippen LogP contribution is 2.26. The average molecular weight is 333 g/mol. The molecule has 0 spiro atoms. The van der Waals surface area contributed by atoms with Gasteiger partial charge in [0.1, 0.15) is 11.5 Å². The zero-order valence-corrected chi connectivity index (χ0v) is 14.2. The van der Waals surface area contributed by atoms with E-state index >= 15 is 0 Å². The molecule has 2 rings (SSSR count). The van der Waals surface area contributed by atoms with Crippen LogP contribution in [0.3, 0.4) is 0 Å². The number of ether oxygens (including phenoxy) is 2. The molecule has 1 aromatic heterocycles. The maximum Gasteiger partial charge on any atom is 0.224 e. The van der Waals surface area contributed by atoms with Gasteiger partial charge in [-0.05, 0) is 19.1 Å². The van der Waals surface area contributed by atoms with Crippen LogP contribution in [0.15, 0.2) is 30.3 Å². The van der Waals surface area contributed by atoms with Gasteiger partial charge in [0.25, 0.3) is 0 Å².